The molecule has 3 nitrogen and oxygen atoms in total. The van der Waals surface area contributed by atoms with Gasteiger partial charge in [0.05, 0.1) is 13.2 Å². The zero-order valence-electron chi connectivity index (χ0n) is 10.6. The first-order chi connectivity index (χ1) is 8.26. The Labute approximate surface area is 103 Å². The molecule has 17 heavy (non-hydrogen) atoms. The lowest BCUT2D eigenvalue weighted by atomic mass is 9.87. The molecule has 1 fully saturated rings. The van der Waals surface area contributed by atoms with Gasteiger partial charge >= 0.3 is 0 Å². The minimum Gasteiger partial charge on any atom is -0.497 e. The Kier molecular flexibility index (Phi) is 4.02. The average molecular weight is 235 g/mol. The van der Waals surface area contributed by atoms with Crippen LogP contribution in [-0.2, 0) is 4.74 Å². The van der Waals surface area contributed by atoms with E-state index in [0.717, 1.165) is 25.2 Å². The zero-order valence-corrected chi connectivity index (χ0v) is 10.6. The molecule has 3 unspecified atom stereocenters. The molecule has 0 bridgehead atoms. The van der Waals surface area contributed by atoms with Crippen molar-refractivity contribution in [2.75, 3.05) is 13.7 Å². The van der Waals surface area contributed by atoms with Gasteiger partial charge in [-0.2, -0.15) is 0 Å². The number of rotatable bonds is 4. The first-order valence-corrected chi connectivity index (χ1v) is 6.27. The van der Waals surface area contributed by atoms with E-state index in [9.17, 15) is 0 Å². The molecule has 0 aromatic heterocycles. The van der Waals surface area contributed by atoms with Crippen LogP contribution in [0.1, 0.15) is 31.4 Å². The topological polar surface area (TPSA) is 44.5 Å². The molecule has 0 amide bonds. The molecular weight excluding hydrogens is 214 g/mol. The van der Waals surface area contributed by atoms with Crippen molar-refractivity contribution in [2.45, 2.75) is 31.9 Å². The lowest BCUT2D eigenvalue weighted by molar-refractivity contribution is 0.0813. The van der Waals surface area contributed by atoms with Crippen molar-refractivity contribution in [3.05, 3.63) is 29.8 Å². The molecule has 1 aromatic rings. The van der Waals surface area contributed by atoms with E-state index in [0.29, 0.717) is 12.0 Å². The fourth-order valence-electron chi connectivity index (χ4n) is 2.57. The molecule has 1 aliphatic rings. The predicted octanol–water partition coefficient (Wildman–Crippen LogP) is 2.51. The van der Waals surface area contributed by atoms with Gasteiger partial charge in [0.1, 0.15) is 5.75 Å². The molecule has 0 radical (unpaired) electrons. The number of hydrogen-bond donors (Lipinski definition) is 1. The van der Waals surface area contributed by atoms with Crippen LogP contribution in [0.25, 0.3) is 0 Å². The third kappa shape index (κ3) is 2.61. The number of benzene rings is 1. The Morgan fingerprint density at radius 3 is 2.71 bits per heavy atom. The zero-order chi connectivity index (χ0) is 12.3. The van der Waals surface area contributed by atoms with Gasteiger partial charge in [-0.3, -0.25) is 0 Å². The molecule has 2 rings (SSSR count). The summed E-state index contributed by atoms with van der Waals surface area (Å²) < 4.78 is 10.8. The second-order valence-corrected chi connectivity index (χ2v) is 4.57. The molecule has 1 heterocycles. The van der Waals surface area contributed by atoms with E-state index in [1.807, 2.05) is 12.1 Å². The second kappa shape index (κ2) is 5.52. The SMILES string of the molecule is CCC1OCCC1C(N)c1ccc(OC)cc1. The maximum atomic E-state index is 6.34. The third-order valence-electron chi connectivity index (χ3n) is 3.62. The molecule has 0 spiro atoms. The van der Waals surface area contributed by atoms with Gasteiger partial charge in [-0.1, -0.05) is 19.1 Å². The summed E-state index contributed by atoms with van der Waals surface area (Å²) in [5.74, 6) is 1.31. The summed E-state index contributed by atoms with van der Waals surface area (Å²) in [6.45, 7) is 3.00. The lowest BCUT2D eigenvalue weighted by Crippen LogP contribution is -2.27. The van der Waals surface area contributed by atoms with Crippen LogP contribution < -0.4 is 10.5 Å². The van der Waals surface area contributed by atoms with E-state index in [-0.39, 0.29) is 6.04 Å². The van der Waals surface area contributed by atoms with Crippen LogP contribution in [-0.4, -0.2) is 19.8 Å². The normalized spacial score (nSPS) is 25.8. The summed E-state index contributed by atoms with van der Waals surface area (Å²) in [5.41, 5.74) is 7.50. The van der Waals surface area contributed by atoms with E-state index in [2.05, 4.69) is 19.1 Å². The van der Waals surface area contributed by atoms with Gasteiger partial charge in [0.25, 0.3) is 0 Å². The van der Waals surface area contributed by atoms with Crippen molar-refractivity contribution in [3.8, 4) is 5.75 Å². The van der Waals surface area contributed by atoms with E-state index in [4.69, 9.17) is 15.2 Å². The van der Waals surface area contributed by atoms with Gasteiger partial charge in [-0.25, -0.2) is 0 Å². The summed E-state index contributed by atoms with van der Waals surface area (Å²) in [7, 11) is 1.67. The van der Waals surface area contributed by atoms with Gasteiger partial charge in [-0.15, -0.1) is 0 Å². The Hall–Kier alpha value is -1.06. The lowest BCUT2D eigenvalue weighted by Gasteiger charge is -2.24. The smallest absolute Gasteiger partial charge is 0.118 e. The molecule has 2 N–H and O–H groups in total. The highest BCUT2D eigenvalue weighted by Gasteiger charge is 2.32. The molecule has 1 aromatic carbocycles. The van der Waals surface area contributed by atoms with Crippen molar-refractivity contribution in [3.63, 3.8) is 0 Å². The number of methoxy groups -OCH3 is 1. The second-order valence-electron chi connectivity index (χ2n) is 4.57. The van der Waals surface area contributed by atoms with Crippen LogP contribution in [0, 0.1) is 5.92 Å². The van der Waals surface area contributed by atoms with Crippen molar-refractivity contribution in [1.29, 1.82) is 0 Å². The fraction of sp³-hybridized carbons (Fsp3) is 0.571. The first-order valence-electron chi connectivity index (χ1n) is 6.27. The molecule has 1 aliphatic heterocycles. The van der Waals surface area contributed by atoms with Crippen molar-refractivity contribution in [1.82, 2.24) is 0 Å². The summed E-state index contributed by atoms with van der Waals surface area (Å²) >= 11 is 0. The van der Waals surface area contributed by atoms with E-state index in [1.54, 1.807) is 7.11 Å². The quantitative estimate of drug-likeness (QED) is 0.872. The number of hydrogen-bond acceptors (Lipinski definition) is 3. The van der Waals surface area contributed by atoms with Gasteiger partial charge in [-0.05, 0) is 30.5 Å². The maximum Gasteiger partial charge on any atom is 0.118 e. The molecule has 3 atom stereocenters. The standard InChI is InChI=1S/C14H21NO2/c1-3-13-12(8-9-17-13)14(15)10-4-6-11(16-2)7-5-10/h4-7,12-14H,3,8-9,15H2,1-2H3. The number of nitrogens with two attached hydrogens (primary N) is 1. The third-order valence-corrected chi connectivity index (χ3v) is 3.62. The van der Waals surface area contributed by atoms with Crippen LogP contribution in [0.4, 0.5) is 0 Å². The van der Waals surface area contributed by atoms with E-state index in [1.165, 1.54) is 5.56 Å². The molecule has 0 saturated carbocycles. The highest BCUT2D eigenvalue weighted by molar-refractivity contribution is 5.29. The molecule has 0 aliphatic carbocycles. The molecule has 94 valence electrons. The first kappa shape index (κ1) is 12.4. The Balaban J connectivity index is 2.10. The van der Waals surface area contributed by atoms with Gasteiger partial charge in [0.15, 0.2) is 0 Å². The highest BCUT2D eigenvalue weighted by Crippen LogP contribution is 2.33. The van der Waals surface area contributed by atoms with Crippen LogP contribution in [0.2, 0.25) is 0 Å². The van der Waals surface area contributed by atoms with Crippen molar-refractivity contribution < 1.29 is 9.47 Å². The highest BCUT2D eigenvalue weighted by atomic mass is 16.5. The molecule has 1 saturated heterocycles. The summed E-state index contributed by atoms with van der Waals surface area (Å²) in [6, 6.07) is 8.09. The summed E-state index contributed by atoms with van der Waals surface area (Å²) in [5, 5.41) is 0. The average Bonchev–Trinajstić information content (AvgIpc) is 2.86. The molecular formula is C14H21NO2. The van der Waals surface area contributed by atoms with Crippen LogP contribution in [0.5, 0.6) is 5.75 Å². The summed E-state index contributed by atoms with van der Waals surface area (Å²) in [6.07, 6.45) is 2.41. The minimum absolute atomic E-state index is 0.0633. The largest absolute Gasteiger partial charge is 0.497 e. The van der Waals surface area contributed by atoms with E-state index >= 15 is 0 Å². The number of ether oxygens (including phenoxy) is 2. The molecule has 3 heteroatoms. The van der Waals surface area contributed by atoms with Crippen LogP contribution in [0.3, 0.4) is 0 Å². The minimum atomic E-state index is 0.0633. The van der Waals surface area contributed by atoms with Gasteiger partial charge in [0.2, 0.25) is 0 Å². The maximum absolute atomic E-state index is 6.34. The van der Waals surface area contributed by atoms with Crippen LogP contribution >= 0.6 is 0 Å². The fourth-order valence-corrected chi connectivity index (χ4v) is 2.57. The van der Waals surface area contributed by atoms with Crippen molar-refractivity contribution >= 4 is 0 Å². The van der Waals surface area contributed by atoms with Crippen LogP contribution in [0.15, 0.2) is 24.3 Å². The monoisotopic (exact) mass is 235 g/mol. The van der Waals surface area contributed by atoms with Gasteiger partial charge in [0, 0.05) is 18.6 Å². The van der Waals surface area contributed by atoms with Crippen molar-refractivity contribution in [2.24, 2.45) is 11.7 Å². The predicted molar refractivity (Wildman–Crippen MR) is 68.1 cm³/mol. The Morgan fingerprint density at radius 2 is 2.12 bits per heavy atom. The Morgan fingerprint density at radius 1 is 1.41 bits per heavy atom. The van der Waals surface area contributed by atoms with Gasteiger partial charge < -0.3 is 15.2 Å². The summed E-state index contributed by atoms with van der Waals surface area (Å²) in [4.78, 5) is 0. The van der Waals surface area contributed by atoms with E-state index < -0.39 is 0 Å². The Bertz CT molecular complexity index is 350.